The summed E-state index contributed by atoms with van der Waals surface area (Å²) in [6.07, 6.45) is 3.75. The monoisotopic (exact) mass is 362 g/mol. The molecule has 1 N–H and O–H groups in total. The third-order valence-electron chi connectivity index (χ3n) is 4.53. The topological polar surface area (TPSA) is 50.2 Å². The second-order valence-electron chi connectivity index (χ2n) is 7.07. The Morgan fingerprint density at radius 3 is 2.33 bits per heavy atom. The van der Waals surface area contributed by atoms with Gasteiger partial charge in [-0.15, -0.1) is 0 Å². The SMILES string of the molecule is CC(C)C(NC(=O)N(C)Cc1cnn(-c2ccccc2)c1)c1ccccc1. The van der Waals surface area contributed by atoms with E-state index in [2.05, 4.69) is 36.4 Å². The average molecular weight is 362 g/mol. The first kappa shape index (κ1) is 18.7. The summed E-state index contributed by atoms with van der Waals surface area (Å²) < 4.78 is 1.82. The number of hydrogen-bond donors (Lipinski definition) is 1. The van der Waals surface area contributed by atoms with Crippen LogP contribution in [0.4, 0.5) is 4.79 Å². The van der Waals surface area contributed by atoms with E-state index in [9.17, 15) is 4.79 Å². The number of hydrogen-bond acceptors (Lipinski definition) is 2. The van der Waals surface area contributed by atoms with Crippen molar-refractivity contribution in [1.29, 1.82) is 0 Å². The molecule has 2 aromatic carbocycles. The summed E-state index contributed by atoms with van der Waals surface area (Å²) in [6, 6.07) is 19.9. The molecule has 0 saturated carbocycles. The van der Waals surface area contributed by atoms with Gasteiger partial charge < -0.3 is 10.2 Å². The van der Waals surface area contributed by atoms with Crippen LogP contribution in [0.3, 0.4) is 0 Å². The van der Waals surface area contributed by atoms with Crippen molar-refractivity contribution < 1.29 is 4.79 Å². The Kier molecular flexibility index (Phi) is 5.91. The third kappa shape index (κ3) is 4.76. The Balaban J connectivity index is 1.64. The fourth-order valence-electron chi connectivity index (χ4n) is 3.05. The highest BCUT2D eigenvalue weighted by molar-refractivity contribution is 5.74. The first-order valence-electron chi connectivity index (χ1n) is 9.20. The van der Waals surface area contributed by atoms with E-state index in [1.807, 2.05) is 59.4 Å². The van der Waals surface area contributed by atoms with E-state index in [1.54, 1.807) is 18.1 Å². The van der Waals surface area contributed by atoms with Gasteiger partial charge in [0.1, 0.15) is 0 Å². The molecule has 0 bridgehead atoms. The highest BCUT2D eigenvalue weighted by Gasteiger charge is 2.20. The number of nitrogens with one attached hydrogen (secondary N) is 1. The highest BCUT2D eigenvalue weighted by Crippen LogP contribution is 2.21. The van der Waals surface area contributed by atoms with Gasteiger partial charge in [-0.3, -0.25) is 0 Å². The number of urea groups is 1. The number of para-hydroxylation sites is 1. The van der Waals surface area contributed by atoms with Gasteiger partial charge in [0.25, 0.3) is 0 Å². The Morgan fingerprint density at radius 2 is 1.70 bits per heavy atom. The quantitative estimate of drug-likeness (QED) is 0.706. The van der Waals surface area contributed by atoms with Gasteiger partial charge in [-0.25, -0.2) is 9.48 Å². The van der Waals surface area contributed by atoms with Crippen molar-refractivity contribution in [3.8, 4) is 5.69 Å². The molecule has 5 heteroatoms. The minimum atomic E-state index is -0.0926. The maximum Gasteiger partial charge on any atom is 0.317 e. The molecule has 0 aliphatic rings. The zero-order chi connectivity index (χ0) is 19.2. The van der Waals surface area contributed by atoms with Gasteiger partial charge >= 0.3 is 6.03 Å². The third-order valence-corrected chi connectivity index (χ3v) is 4.53. The van der Waals surface area contributed by atoms with E-state index in [4.69, 9.17) is 0 Å². The van der Waals surface area contributed by atoms with Crippen LogP contribution in [0.5, 0.6) is 0 Å². The van der Waals surface area contributed by atoms with E-state index < -0.39 is 0 Å². The lowest BCUT2D eigenvalue weighted by Gasteiger charge is -2.26. The molecule has 0 spiro atoms. The van der Waals surface area contributed by atoms with E-state index in [0.29, 0.717) is 12.5 Å². The van der Waals surface area contributed by atoms with Gasteiger partial charge in [0, 0.05) is 18.8 Å². The van der Waals surface area contributed by atoms with Crippen molar-refractivity contribution in [3.63, 3.8) is 0 Å². The molecule has 1 heterocycles. The highest BCUT2D eigenvalue weighted by atomic mass is 16.2. The number of rotatable bonds is 6. The molecule has 5 nitrogen and oxygen atoms in total. The lowest BCUT2D eigenvalue weighted by atomic mass is 9.96. The summed E-state index contributed by atoms with van der Waals surface area (Å²) in [7, 11) is 1.80. The standard InChI is InChI=1S/C22H26N4O/c1-17(2)21(19-10-6-4-7-11-19)24-22(27)25(3)15-18-14-23-26(16-18)20-12-8-5-9-13-20/h4-14,16-17,21H,15H2,1-3H3,(H,24,27). The molecule has 3 rings (SSSR count). The van der Waals surface area contributed by atoms with Crippen LogP contribution in [0.25, 0.3) is 5.69 Å². The predicted molar refractivity (Wildman–Crippen MR) is 108 cm³/mol. The van der Waals surface area contributed by atoms with Crippen LogP contribution >= 0.6 is 0 Å². The summed E-state index contributed by atoms with van der Waals surface area (Å²) >= 11 is 0. The summed E-state index contributed by atoms with van der Waals surface area (Å²) in [5.74, 6) is 0.297. The molecule has 0 aliphatic carbocycles. The Labute approximate surface area is 160 Å². The molecule has 0 saturated heterocycles. The molecule has 2 amide bonds. The van der Waals surface area contributed by atoms with Crippen molar-refractivity contribution in [1.82, 2.24) is 20.0 Å². The summed E-state index contributed by atoms with van der Waals surface area (Å²) in [4.78, 5) is 14.4. The minimum absolute atomic E-state index is 0.0202. The zero-order valence-corrected chi connectivity index (χ0v) is 16.0. The van der Waals surface area contributed by atoms with Crippen molar-refractivity contribution in [2.75, 3.05) is 7.05 Å². The summed E-state index contributed by atoms with van der Waals surface area (Å²) in [6.45, 7) is 4.72. The van der Waals surface area contributed by atoms with Gasteiger partial charge in [-0.1, -0.05) is 62.4 Å². The first-order chi connectivity index (χ1) is 13.0. The molecule has 1 aromatic heterocycles. The number of nitrogens with zero attached hydrogens (tertiary/aromatic N) is 3. The lowest BCUT2D eigenvalue weighted by molar-refractivity contribution is 0.199. The molecule has 0 aliphatic heterocycles. The number of benzene rings is 2. The second kappa shape index (κ2) is 8.54. The Morgan fingerprint density at radius 1 is 1.07 bits per heavy atom. The van der Waals surface area contributed by atoms with Crippen LogP contribution < -0.4 is 5.32 Å². The second-order valence-corrected chi connectivity index (χ2v) is 7.07. The maximum absolute atomic E-state index is 12.7. The molecule has 0 radical (unpaired) electrons. The van der Waals surface area contributed by atoms with Gasteiger partial charge in [0.15, 0.2) is 0 Å². The van der Waals surface area contributed by atoms with Crippen molar-refractivity contribution in [2.24, 2.45) is 5.92 Å². The number of amides is 2. The van der Waals surface area contributed by atoms with E-state index in [1.165, 1.54) is 0 Å². The summed E-state index contributed by atoms with van der Waals surface area (Å²) in [5.41, 5.74) is 3.10. The first-order valence-corrected chi connectivity index (χ1v) is 9.20. The fourth-order valence-corrected chi connectivity index (χ4v) is 3.05. The maximum atomic E-state index is 12.7. The van der Waals surface area contributed by atoms with Crippen LogP contribution in [-0.2, 0) is 6.54 Å². The molecular weight excluding hydrogens is 336 g/mol. The molecular formula is C22H26N4O. The lowest BCUT2D eigenvalue weighted by Crippen LogP contribution is -2.40. The molecule has 3 aromatic rings. The number of carbonyl (C=O) groups excluding carboxylic acids is 1. The van der Waals surface area contributed by atoms with Gasteiger partial charge in [0.05, 0.1) is 24.5 Å². The minimum Gasteiger partial charge on any atom is -0.331 e. The van der Waals surface area contributed by atoms with Crippen LogP contribution in [0.15, 0.2) is 73.1 Å². The van der Waals surface area contributed by atoms with Crippen molar-refractivity contribution in [2.45, 2.75) is 26.4 Å². The van der Waals surface area contributed by atoms with Crippen LogP contribution in [0.1, 0.15) is 31.0 Å². The van der Waals surface area contributed by atoms with Crippen molar-refractivity contribution >= 4 is 6.03 Å². The van der Waals surface area contributed by atoms with Crippen LogP contribution in [-0.4, -0.2) is 27.8 Å². The van der Waals surface area contributed by atoms with Gasteiger partial charge in [-0.05, 0) is 23.6 Å². The predicted octanol–water partition coefficient (Wildman–Crippen LogP) is 4.41. The van der Waals surface area contributed by atoms with Crippen molar-refractivity contribution in [3.05, 3.63) is 84.2 Å². The molecule has 0 fully saturated rings. The van der Waals surface area contributed by atoms with E-state index in [-0.39, 0.29) is 12.1 Å². The van der Waals surface area contributed by atoms with E-state index >= 15 is 0 Å². The van der Waals surface area contributed by atoms with Gasteiger partial charge in [0.2, 0.25) is 0 Å². The van der Waals surface area contributed by atoms with Crippen LogP contribution in [0, 0.1) is 5.92 Å². The zero-order valence-electron chi connectivity index (χ0n) is 16.0. The average Bonchev–Trinajstić information content (AvgIpc) is 3.15. The Bertz CT molecular complexity index is 858. The number of carbonyl (C=O) groups is 1. The molecule has 27 heavy (non-hydrogen) atoms. The smallest absolute Gasteiger partial charge is 0.317 e. The van der Waals surface area contributed by atoms with Gasteiger partial charge in [-0.2, -0.15) is 5.10 Å². The molecule has 140 valence electrons. The largest absolute Gasteiger partial charge is 0.331 e. The fraction of sp³-hybridized carbons (Fsp3) is 0.273. The Hall–Kier alpha value is -3.08. The number of aromatic nitrogens is 2. The van der Waals surface area contributed by atoms with Crippen LogP contribution in [0.2, 0.25) is 0 Å². The normalized spacial score (nSPS) is 12.0. The summed E-state index contributed by atoms with van der Waals surface area (Å²) in [5, 5.41) is 7.54. The molecule has 1 atom stereocenters. The molecule has 1 unspecified atom stereocenters. The van der Waals surface area contributed by atoms with E-state index in [0.717, 1.165) is 16.8 Å².